The molecule has 0 bridgehead atoms. The molecule has 0 aromatic heterocycles. The fraction of sp³-hybridized carbons (Fsp3) is 1.00. The second kappa shape index (κ2) is 9.33. The lowest BCUT2D eigenvalue weighted by Crippen LogP contribution is -2.30. The lowest BCUT2D eigenvalue weighted by molar-refractivity contribution is -0.280. The smallest absolute Gasteiger partial charge is 0.262 e. The maximum Gasteiger partial charge on any atom is 0.262 e. The van der Waals surface area contributed by atoms with Crippen LogP contribution in [0, 0.1) is 0 Å². The van der Waals surface area contributed by atoms with E-state index in [1.165, 1.54) is 0 Å². The van der Waals surface area contributed by atoms with Gasteiger partial charge >= 0.3 is 0 Å². The lowest BCUT2D eigenvalue weighted by atomic mass is 10.3. The van der Waals surface area contributed by atoms with E-state index in [1.807, 2.05) is 13.8 Å². The van der Waals surface area contributed by atoms with Gasteiger partial charge in [0, 0.05) is 0 Å². The maximum absolute atomic E-state index is 5.66. The van der Waals surface area contributed by atoms with E-state index < -0.39 is 16.2 Å². The summed E-state index contributed by atoms with van der Waals surface area (Å²) in [5.74, 6) is 0. The van der Waals surface area contributed by atoms with Gasteiger partial charge in [-0.25, -0.2) is 0 Å². The maximum atomic E-state index is 5.66. The van der Waals surface area contributed by atoms with Gasteiger partial charge in [-0.3, -0.25) is 0 Å². The summed E-state index contributed by atoms with van der Waals surface area (Å²) in [7, 11) is -0.477. The molecule has 0 rings (SSSR count). The van der Waals surface area contributed by atoms with Gasteiger partial charge in [-0.1, -0.05) is 20.8 Å². The number of rotatable bonds is 9. The van der Waals surface area contributed by atoms with Gasteiger partial charge in [0.25, 0.3) is 6.48 Å². The summed E-state index contributed by atoms with van der Waals surface area (Å²) < 4.78 is 17.0. The van der Waals surface area contributed by atoms with Crippen molar-refractivity contribution in [2.45, 2.75) is 72.2 Å². The van der Waals surface area contributed by atoms with Crippen molar-refractivity contribution in [2.75, 3.05) is 0 Å². The van der Waals surface area contributed by atoms with Gasteiger partial charge < -0.3 is 13.9 Å². The third kappa shape index (κ3) is 7.96. The predicted molar refractivity (Wildman–Crippen MR) is 65.6 cm³/mol. The molecule has 15 heavy (non-hydrogen) atoms. The van der Waals surface area contributed by atoms with Crippen LogP contribution >= 0.6 is 0 Å². The Morgan fingerprint density at radius 1 is 0.933 bits per heavy atom. The number of ether oxygens (including phenoxy) is 2. The van der Waals surface area contributed by atoms with E-state index in [9.17, 15) is 0 Å². The first kappa shape index (κ1) is 15.1. The molecule has 0 aliphatic rings. The molecular weight excluding hydrogens is 208 g/mol. The minimum absolute atomic E-state index is 0.199. The van der Waals surface area contributed by atoms with Crippen LogP contribution in [0.2, 0.25) is 6.04 Å². The van der Waals surface area contributed by atoms with E-state index in [-0.39, 0.29) is 12.2 Å². The van der Waals surface area contributed by atoms with Crippen LogP contribution in [0.5, 0.6) is 0 Å². The largest absolute Gasteiger partial charge is 0.379 e. The number of hydrogen-bond acceptors (Lipinski definition) is 3. The second-order valence-corrected chi connectivity index (χ2v) is 5.61. The van der Waals surface area contributed by atoms with Gasteiger partial charge in [0.1, 0.15) is 0 Å². The van der Waals surface area contributed by atoms with Gasteiger partial charge in [0.05, 0.1) is 12.2 Å². The molecule has 0 aliphatic carbocycles. The van der Waals surface area contributed by atoms with E-state index in [2.05, 4.69) is 20.8 Å². The molecule has 4 heteroatoms. The molecule has 92 valence electrons. The first-order chi connectivity index (χ1) is 7.13. The zero-order chi connectivity index (χ0) is 11.7. The highest BCUT2D eigenvalue weighted by atomic mass is 28.2. The van der Waals surface area contributed by atoms with Crippen molar-refractivity contribution in [1.82, 2.24) is 0 Å². The second-order valence-electron chi connectivity index (χ2n) is 3.87. The van der Waals surface area contributed by atoms with Gasteiger partial charge in [0.15, 0.2) is 9.76 Å². The normalized spacial score (nSPS) is 18.2. The van der Waals surface area contributed by atoms with Crippen molar-refractivity contribution in [2.24, 2.45) is 0 Å². The molecule has 0 saturated carbocycles. The first-order valence-corrected chi connectivity index (χ1v) is 7.64. The van der Waals surface area contributed by atoms with Crippen LogP contribution in [-0.2, 0) is 13.9 Å². The molecule has 0 radical (unpaired) electrons. The Morgan fingerprint density at radius 3 is 1.73 bits per heavy atom. The molecular formula is C11H26O3Si. The average molecular weight is 234 g/mol. The summed E-state index contributed by atoms with van der Waals surface area (Å²) in [5, 5.41) is 0. The number of hydrogen-bond donors (Lipinski definition) is 0. The fourth-order valence-corrected chi connectivity index (χ4v) is 1.48. The Hall–Kier alpha value is 0.0969. The molecule has 0 aromatic rings. The zero-order valence-corrected chi connectivity index (χ0v) is 12.2. The molecule has 0 aliphatic heterocycles. The Kier molecular flexibility index (Phi) is 9.39. The van der Waals surface area contributed by atoms with E-state index >= 15 is 0 Å². The average Bonchev–Trinajstić information content (AvgIpc) is 2.25. The standard InChI is InChI=1S/C11H26O3Si/c1-6-9(4)12-11(14-15-8-3)13-10(5)7-2/h9-11H,6-8,15H2,1-5H3. The Balaban J connectivity index is 3.93. The van der Waals surface area contributed by atoms with Crippen molar-refractivity contribution in [1.29, 1.82) is 0 Å². The third-order valence-corrected chi connectivity index (χ3v) is 3.21. The van der Waals surface area contributed by atoms with Crippen molar-refractivity contribution in [3.05, 3.63) is 0 Å². The van der Waals surface area contributed by atoms with E-state index in [0.717, 1.165) is 18.9 Å². The van der Waals surface area contributed by atoms with E-state index in [0.29, 0.717) is 0 Å². The highest BCUT2D eigenvalue weighted by molar-refractivity contribution is 6.26. The third-order valence-electron chi connectivity index (χ3n) is 2.29. The minimum Gasteiger partial charge on any atom is -0.379 e. The zero-order valence-electron chi connectivity index (χ0n) is 10.8. The summed E-state index contributed by atoms with van der Waals surface area (Å²) in [6.45, 7) is 9.98. The summed E-state index contributed by atoms with van der Waals surface area (Å²) in [6.07, 6.45) is 2.37. The van der Waals surface area contributed by atoms with Crippen LogP contribution in [-0.4, -0.2) is 28.4 Å². The van der Waals surface area contributed by atoms with Crippen LogP contribution in [0.4, 0.5) is 0 Å². The summed E-state index contributed by atoms with van der Waals surface area (Å²) >= 11 is 0. The van der Waals surface area contributed by atoms with Crippen LogP contribution in [0.15, 0.2) is 0 Å². The Labute approximate surface area is 96.4 Å². The van der Waals surface area contributed by atoms with Crippen molar-refractivity contribution < 1.29 is 13.9 Å². The summed E-state index contributed by atoms with van der Waals surface area (Å²) in [5.41, 5.74) is 0. The van der Waals surface area contributed by atoms with Crippen LogP contribution in [0.3, 0.4) is 0 Å². The predicted octanol–water partition coefficient (Wildman–Crippen LogP) is 2.44. The van der Waals surface area contributed by atoms with Gasteiger partial charge in [-0.05, 0) is 32.7 Å². The molecule has 0 amide bonds. The molecule has 2 unspecified atom stereocenters. The molecule has 2 atom stereocenters. The quantitative estimate of drug-likeness (QED) is 0.453. The van der Waals surface area contributed by atoms with Gasteiger partial charge in [0.2, 0.25) is 0 Å². The van der Waals surface area contributed by atoms with E-state index in [1.54, 1.807) is 0 Å². The first-order valence-electron chi connectivity index (χ1n) is 6.06. The SMILES string of the molecule is CC[SiH2]OC(OC(C)CC)OC(C)CC. The van der Waals surface area contributed by atoms with Gasteiger partial charge in [-0.15, -0.1) is 0 Å². The Morgan fingerprint density at radius 2 is 1.40 bits per heavy atom. The monoisotopic (exact) mass is 234 g/mol. The molecule has 0 N–H and O–H groups in total. The minimum atomic E-state index is -0.477. The van der Waals surface area contributed by atoms with Gasteiger partial charge in [-0.2, -0.15) is 0 Å². The molecule has 0 fully saturated rings. The molecule has 3 nitrogen and oxygen atoms in total. The highest BCUT2D eigenvalue weighted by Gasteiger charge is 2.15. The molecule has 0 spiro atoms. The molecule has 0 saturated heterocycles. The van der Waals surface area contributed by atoms with Crippen LogP contribution in [0.25, 0.3) is 0 Å². The summed E-state index contributed by atoms with van der Waals surface area (Å²) in [4.78, 5) is 0. The fourth-order valence-electron chi connectivity index (χ4n) is 0.897. The molecule has 0 aromatic carbocycles. The van der Waals surface area contributed by atoms with Crippen molar-refractivity contribution in [3.8, 4) is 0 Å². The van der Waals surface area contributed by atoms with E-state index in [4.69, 9.17) is 13.9 Å². The topological polar surface area (TPSA) is 27.7 Å². The highest BCUT2D eigenvalue weighted by Crippen LogP contribution is 2.09. The summed E-state index contributed by atoms with van der Waals surface area (Å²) in [6, 6.07) is 1.12. The lowest BCUT2D eigenvalue weighted by Gasteiger charge is -2.25. The molecule has 0 heterocycles. The van der Waals surface area contributed by atoms with Crippen LogP contribution < -0.4 is 0 Å². The van der Waals surface area contributed by atoms with Crippen LogP contribution in [0.1, 0.15) is 47.5 Å². The van der Waals surface area contributed by atoms with Crippen molar-refractivity contribution >= 4 is 9.76 Å². The Bertz CT molecular complexity index is 132. The van der Waals surface area contributed by atoms with Crippen molar-refractivity contribution in [3.63, 3.8) is 0 Å².